The number of ether oxygens (including phenoxy) is 1. The van der Waals surface area contributed by atoms with E-state index in [0.29, 0.717) is 18.7 Å². The van der Waals surface area contributed by atoms with E-state index in [-0.39, 0.29) is 5.78 Å². The molecule has 0 saturated heterocycles. The molecule has 0 aliphatic heterocycles. The van der Waals surface area contributed by atoms with Crippen LogP contribution in [0.15, 0.2) is 5.38 Å². The molecule has 0 N–H and O–H groups in total. The van der Waals surface area contributed by atoms with Crippen molar-refractivity contribution in [2.45, 2.75) is 12.8 Å². The van der Waals surface area contributed by atoms with E-state index in [2.05, 4.69) is 9.59 Å². The molecule has 0 fully saturated rings. The Balaban J connectivity index is 2.30. The van der Waals surface area contributed by atoms with Crippen LogP contribution >= 0.6 is 11.5 Å². The second kappa shape index (κ2) is 4.95. The van der Waals surface area contributed by atoms with Crippen molar-refractivity contribution in [3.05, 3.63) is 11.1 Å². The van der Waals surface area contributed by atoms with Crippen LogP contribution < -0.4 is 0 Å². The number of carbonyl (C=O) groups excluding carboxylic acids is 1. The van der Waals surface area contributed by atoms with Crippen molar-refractivity contribution < 1.29 is 9.53 Å². The molecule has 0 unspecified atom stereocenters. The molecule has 1 aromatic rings. The van der Waals surface area contributed by atoms with Crippen LogP contribution in [0.5, 0.6) is 0 Å². The van der Waals surface area contributed by atoms with Crippen LogP contribution in [0.2, 0.25) is 0 Å². The zero-order chi connectivity index (χ0) is 8.81. The lowest BCUT2D eigenvalue weighted by atomic mass is 10.2. The van der Waals surface area contributed by atoms with Crippen LogP contribution in [0.4, 0.5) is 0 Å². The maximum absolute atomic E-state index is 11.2. The molecular formula is C7H10N2O2S. The molecule has 0 saturated carbocycles. The van der Waals surface area contributed by atoms with E-state index < -0.39 is 0 Å². The van der Waals surface area contributed by atoms with Crippen molar-refractivity contribution in [1.82, 2.24) is 9.59 Å². The largest absolute Gasteiger partial charge is 0.385 e. The van der Waals surface area contributed by atoms with Crippen LogP contribution in [0.1, 0.15) is 23.3 Å². The number of hydrogen-bond acceptors (Lipinski definition) is 5. The van der Waals surface area contributed by atoms with Gasteiger partial charge in [0.15, 0.2) is 5.78 Å². The number of nitrogens with zero attached hydrogens (tertiary/aromatic N) is 2. The predicted molar refractivity (Wildman–Crippen MR) is 45.3 cm³/mol. The lowest BCUT2D eigenvalue weighted by molar-refractivity contribution is 0.0958. The van der Waals surface area contributed by atoms with E-state index in [0.717, 1.165) is 6.42 Å². The average Bonchev–Trinajstić information content (AvgIpc) is 2.56. The Morgan fingerprint density at radius 1 is 1.75 bits per heavy atom. The summed E-state index contributed by atoms with van der Waals surface area (Å²) in [5.41, 5.74) is 0.469. The number of Topliss-reactive ketones (excluding diaryl/α,β-unsaturated/α-hetero) is 1. The third-order valence-corrected chi connectivity index (χ3v) is 1.90. The molecule has 0 aliphatic rings. The van der Waals surface area contributed by atoms with Gasteiger partial charge in [-0.05, 0) is 18.0 Å². The standard InChI is InChI=1S/C7H10N2O2S/c1-11-4-2-3-7(10)6-5-12-9-8-6/h5H,2-4H2,1H3. The monoisotopic (exact) mass is 186 g/mol. The van der Waals surface area contributed by atoms with Gasteiger partial charge in [-0.15, -0.1) is 5.10 Å². The third kappa shape index (κ3) is 2.67. The molecule has 1 rings (SSSR count). The van der Waals surface area contributed by atoms with Gasteiger partial charge in [0.2, 0.25) is 0 Å². The van der Waals surface area contributed by atoms with Crippen LogP contribution in [0, 0.1) is 0 Å². The quantitative estimate of drug-likeness (QED) is 0.511. The van der Waals surface area contributed by atoms with Crippen molar-refractivity contribution in [2.75, 3.05) is 13.7 Å². The molecule has 1 aromatic heterocycles. The number of aromatic nitrogens is 2. The lowest BCUT2D eigenvalue weighted by Crippen LogP contribution is -2.01. The van der Waals surface area contributed by atoms with Crippen LogP contribution in [0.3, 0.4) is 0 Å². The topological polar surface area (TPSA) is 52.1 Å². The van der Waals surface area contributed by atoms with Gasteiger partial charge in [0.05, 0.1) is 0 Å². The van der Waals surface area contributed by atoms with Crippen molar-refractivity contribution in [2.24, 2.45) is 0 Å². The fourth-order valence-electron chi connectivity index (χ4n) is 0.791. The smallest absolute Gasteiger partial charge is 0.184 e. The highest BCUT2D eigenvalue weighted by Gasteiger charge is 2.07. The Labute approximate surface area is 74.7 Å². The molecular weight excluding hydrogens is 176 g/mol. The first-order valence-electron chi connectivity index (χ1n) is 3.64. The Morgan fingerprint density at radius 3 is 3.17 bits per heavy atom. The number of rotatable bonds is 5. The first-order chi connectivity index (χ1) is 5.84. The molecule has 0 atom stereocenters. The second-order valence-electron chi connectivity index (χ2n) is 2.31. The summed E-state index contributed by atoms with van der Waals surface area (Å²) in [6, 6.07) is 0. The summed E-state index contributed by atoms with van der Waals surface area (Å²) in [7, 11) is 1.62. The van der Waals surface area contributed by atoms with Gasteiger partial charge in [0, 0.05) is 25.5 Å². The van der Waals surface area contributed by atoms with Gasteiger partial charge in [-0.2, -0.15) is 0 Å². The molecule has 5 heteroatoms. The molecule has 1 heterocycles. The zero-order valence-corrected chi connectivity index (χ0v) is 7.63. The normalized spacial score (nSPS) is 10.1. The van der Waals surface area contributed by atoms with Gasteiger partial charge >= 0.3 is 0 Å². The Kier molecular flexibility index (Phi) is 3.83. The summed E-state index contributed by atoms with van der Waals surface area (Å²) < 4.78 is 8.44. The number of hydrogen-bond donors (Lipinski definition) is 0. The summed E-state index contributed by atoms with van der Waals surface area (Å²) in [6.45, 7) is 0.614. The van der Waals surface area contributed by atoms with E-state index in [1.165, 1.54) is 11.5 Å². The van der Waals surface area contributed by atoms with Crippen LogP contribution in [-0.2, 0) is 4.74 Å². The van der Waals surface area contributed by atoms with E-state index >= 15 is 0 Å². The predicted octanol–water partition coefficient (Wildman–Crippen LogP) is 1.15. The average molecular weight is 186 g/mol. The second-order valence-corrected chi connectivity index (χ2v) is 2.92. The molecule has 4 nitrogen and oxygen atoms in total. The molecule has 66 valence electrons. The van der Waals surface area contributed by atoms with Crippen molar-refractivity contribution in [3.8, 4) is 0 Å². The van der Waals surface area contributed by atoms with Gasteiger partial charge in [-0.25, -0.2) is 0 Å². The van der Waals surface area contributed by atoms with Crippen molar-refractivity contribution >= 4 is 17.3 Å². The highest BCUT2D eigenvalue weighted by molar-refractivity contribution is 7.03. The first kappa shape index (κ1) is 9.28. The number of methoxy groups -OCH3 is 1. The summed E-state index contributed by atoms with van der Waals surface area (Å²) in [6.07, 6.45) is 1.23. The molecule has 12 heavy (non-hydrogen) atoms. The van der Waals surface area contributed by atoms with Crippen molar-refractivity contribution in [1.29, 1.82) is 0 Å². The highest BCUT2D eigenvalue weighted by Crippen LogP contribution is 2.03. The Morgan fingerprint density at radius 2 is 2.58 bits per heavy atom. The van der Waals surface area contributed by atoms with Gasteiger partial charge < -0.3 is 4.74 Å². The van der Waals surface area contributed by atoms with Crippen LogP contribution in [-0.4, -0.2) is 29.1 Å². The Hall–Kier alpha value is -0.810. The molecule has 0 aliphatic carbocycles. The summed E-state index contributed by atoms with van der Waals surface area (Å²) >= 11 is 1.19. The van der Waals surface area contributed by atoms with Gasteiger partial charge in [0.25, 0.3) is 0 Å². The number of carbonyl (C=O) groups is 1. The summed E-state index contributed by atoms with van der Waals surface area (Å²) in [5.74, 6) is 0.0424. The molecule has 0 aromatic carbocycles. The summed E-state index contributed by atoms with van der Waals surface area (Å²) in [4.78, 5) is 11.2. The van der Waals surface area contributed by atoms with Gasteiger partial charge in [-0.3, -0.25) is 4.79 Å². The van der Waals surface area contributed by atoms with E-state index in [1.807, 2.05) is 0 Å². The maximum Gasteiger partial charge on any atom is 0.184 e. The molecule has 0 bridgehead atoms. The lowest BCUT2D eigenvalue weighted by Gasteiger charge is -1.95. The van der Waals surface area contributed by atoms with Crippen LogP contribution in [0.25, 0.3) is 0 Å². The highest BCUT2D eigenvalue weighted by atomic mass is 32.1. The molecule has 0 amide bonds. The summed E-state index contributed by atoms with van der Waals surface area (Å²) in [5, 5.41) is 5.33. The van der Waals surface area contributed by atoms with E-state index in [9.17, 15) is 4.79 Å². The fourth-order valence-corrected chi connectivity index (χ4v) is 1.25. The molecule has 0 spiro atoms. The fraction of sp³-hybridized carbons (Fsp3) is 0.571. The van der Waals surface area contributed by atoms with Crippen molar-refractivity contribution in [3.63, 3.8) is 0 Å². The maximum atomic E-state index is 11.2. The minimum absolute atomic E-state index is 0.0424. The molecule has 0 radical (unpaired) electrons. The SMILES string of the molecule is COCCCC(=O)c1csnn1. The minimum Gasteiger partial charge on any atom is -0.385 e. The number of ketones is 1. The van der Waals surface area contributed by atoms with Gasteiger partial charge in [-0.1, -0.05) is 4.49 Å². The van der Waals surface area contributed by atoms with E-state index in [4.69, 9.17) is 4.74 Å². The van der Waals surface area contributed by atoms with Gasteiger partial charge in [0.1, 0.15) is 5.69 Å². The third-order valence-electron chi connectivity index (χ3n) is 1.40. The minimum atomic E-state index is 0.0424. The zero-order valence-electron chi connectivity index (χ0n) is 6.82. The van der Waals surface area contributed by atoms with E-state index in [1.54, 1.807) is 12.5 Å². The Bertz CT molecular complexity index is 236. The first-order valence-corrected chi connectivity index (χ1v) is 4.47.